The van der Waals surface area contributed by atoms with Crippen molar-refractivity contribution in [3.05, 3.63) is 39.9 Å². The van der Waals surface area contributed by atoms with Crippen LogP contribution in [0.15, 0.2) is 24.3 Å². The molecule has 1 N–H and O–H groups in total. The fourth-order valence-corrected chi connectivity index (χ4v) is 2.53. The summed E-state index contributed by atoms with van der Waals surface area (Å²) >= 11 is 0. The first-order valence-electron chi connectivity index (χ1n) is 7.08. The standard InChI is InChI=1S/C15H22N2O4/c1-11-8-16(15(2,3)10-21-11)9-14(18)12-5-4-6-13(7-12)17(19)20/h4-7,11,14,18H,8-10H2,1-3H3. The van der Waals surface area contributed by atoms with Crippen LogP contribution in [0.3, 0.4) is 0 Å². The summed E-state index contributed by atoms with van der Waals surface area (Å²) in [4.78, 5) is 12.5. The summed E-state index contributed by atoms with van der Waals surface area (Å²) in [6.45, 7) is 7.91. The van der Waals surface area contributed by atoms with Gasteiger partial charge < -0.3 is 9.84 Å². The molecular formula is C15H22N2O4. The third kappa shape index (κ3) is 3.78. The Hall–Kier alpha value is -1.50. The lowest BCUT2D eigenvalue weighted by molar-refractivity contribution is -0.385. The van der Waals surface area contributed by atoms with E-state index in [-0.39, 0.29) is 17.3 Å². The van der Waals surface area contributed by atoms with Crippen LogP contribution in [-0.4, -0.2) is 46.3 Å². The second-order valence-electron chi connectivity index (χ2n) is 6.21. The highest BCUT2D eigenvalue weighted by Crippen LogP contribution is 2.26. The molecule has 21 heavy (non-hydrogen) atoms. The van der Waals surface area contributed by atoms with Crippen molar-refractivity contribution in [3.8, 4) is 0 Å². The topological polar surface area (TPSA) is 75.8 Å². The van der Waals surface area contributed by atoms with Crippen LogP contribution >= 0.6 is 0 Å². The van der Waals surface area contributed by atoms with Gasteiger partial charge in [0.05, 0.1) is 23.7 Å². The number of morpholine rings is 1. The number of aliphatic hydroxyl groups is 1. The number of ether oxygens (including phenoxy) is 1. The molecule has 0 radical (unpaired) electrons. The zero-order chi connectivity index (χ0) is 15.6. The van der Waals surface area contributed by atoms with E-state index >= 15 is 0 Å². The maximum absolute atomic E-state index is 10.8. The van der Waals surface area contributed by atoms with Gasteiger partial charge >= 0.3 is 0 Å². The van der Waals surface area contributed by atoms with Crippen LogP contribution in [0.4, 0.5) is 5.69 Å². The molecule has 1 aromatic carbocycles. The molecule has 0 amide bonds. The van der Waals surface area contributed by atoms with Crippen molar-refractivity contribution in [2.24, 2.45) is 0 Å². The van der Waals surface area contributed by atoms with Crippen molar-refractivity contribution in [1.82, 2.24) is 4.90 Å². The highest BCUT2D eigenvalue weighted by atomic mass is 16.6. The molecule has 2 rings (SSSR count). The van der Waals surface area contributed by atoms with Crippen molar-refractivity contribution in [3.63, 3.8) is 0 Å². The molecule has 1 aliphatic rings. The maximum atomic E-state index is 10.8. The second kappa shape index (κ2) is 6.09. The first kappa shape index (κ1) is 15.9. The molecule has 1 fully saturated rings. The summed E-state index contributed by atoms with van der Waals surface area (Å²) in [5.41, 5.74) is 0.411. The first-order valence-corrected chi connectivity index (χ1v) is 7.08. The van der Waals surface area contributed by atoms with Crippen molar-refractivity contribution in [1.29, 1.82) is 0 Å². The van der Waals surface area contributed by atoms with Gasteiger partial charge in [-0.15, -0.1) is 0 Å². The third-order valence-corrected chi connectivity index (χ3v) is 3.91. The Bertz CT molecular complexity index is 518. The van der Waals surface area contributed by atoms with Crippen molar-refractivity contribution < 1.29 is 14.8 Å². The SMILES string of the molecule is CC1CN(CC(O)c2cccc([N+](=O)[O-])c2)C(C)(C)CO1. The normalized spacial score (nSPS) is 23.7. The van der Waals surface area contributed by atoms with E-state index in [9.17, 15) is 15.2 Å². The minimum atomic E-state index is -0.755. The molecule has 0 saturated carbocycles. The zero-order valence-corrected chi connectivity index (χ0v) is 12.7. The Morgan fingerprint density at radius 3 is 2.95 bits per heavy atom. The van der Waals surface area contributed by atoms with Gasteiger partial charge in [-0.25, -0.2) is 0 Å². The van der Waals surface area contributed by atoms with Crippen LogP contribution < -0.4 is 0 Å². The van der Waals surface area contributed by atoms with E-state index in [1.54, 1.807) is 12.1 Å². The van der Waals surface area contributed by atoms with Crippen LogP contribution in [0.5, 0.6) is 0 Å². The summed E-state index contributed by atoms with van der Waals surface area (Å²) in [7, 11) is 0. The molecule has 6 nitrogen and oxygen atoms in total. The number of rotatable bonds is 4. The molecule has 0 bridgehead atoms. The van der Waals surface area contributed by atoms with E-state index in [1.807, 2.05) is 6.92 Å². The van der Waals surface area contributed by atoms with Crippen LogP contribution in [0.25, 0.3) is 0 Å². The molecule has 0 spiro atoms. The lowest BCUT2D eigenvalue weighted by Crippen LogP contribution is -2.56. The number of nitrogens with zero attached hydrogens (tertiary/aromatic N) is 2. The van der Waals surface area contributed by atoms with Gasteiger partial charge in [0.1, 0.15) is 0 Å². The Balaban J connectivity index is 2.11. The van der Waals surface area contributed by atoms with Gasteiger partial charge in [0, 0.05) is 30.8 Å². The lowest BCUT2D eigenvalue weighted by Gasteiger charge is -2.45. The molecule has 0 aliphatic carbocycles. The molecule has 2 atom stereocenters. The number of β-amino-alcohol motifs (C(OH)–C–C–N with tert-alkyl or cyclic N) is 1. The predicted octanol–water partition coefficient (Wildman–Crippen LogP) is 2.13. The molecule has 0 aromatic heterocycles. The molecule has 6 heteroatoms. The fraction of sp³-hybridized carbons (Fsp3) is 0.600. The van der Waals surface area contributed by atoms with Gasteiger partial charge in [-0.2, -0.15) is 0 Å². The third-order valence-electron chi connectivity index (χ3n) is 3.91. The quantitative estimate of drug-likeness (QED) is 0.680. The van der Waals surface area contributed by atoms with Crippen molar-refractivity contribution in [2.45, 2.75) is 38.5 Å². The number of hydrogen-bond donors (Lipinski definition) is 1. The van der Waals surface area contributed by atoms with Crippen molar-refractivity contribution >= 4 is 5.69 Å². The second-order valence-corrected chi connectivity index (χ2v) is 6.21. The molecular weight excluding hydrogens is 272 g/mol. The minimum absolute atomic E-state index is 0.00107. The Morgan fingerprint density at radius 1 is 1.57 bits per heavy atom. The summed E-state index contributed by atoms with van der Waals surface area (Å²) in [5.74, 6) is 0. The van der Waals surface area contributed by atoms with E-state index in [1.165, 1.54) is 12.1 Å². The van der Waals surface area contributed by atoms with Gasteiger partial charge in [-0.3, -0.25) is 15.0 Å². The highest BCUT2D eigenvalue weighted by molar-refractivity contribution is 5.35. The molecule has 116 valence electrons. The minimum Gasteiger partial charge on any atom is -0.387 e. The van der Waals surface area contributed by atoms with Gasteiger partial charge in [0.15, 0.2) is 0 Å². The number of benzene rings is 1. The van der Waals surface area contributed by atoms with Crippen LogP contribution in [-0.2, 0) is 4.74 Å². The average molecular weight is 294 g/mol. The van der Waals surface area contributed by atoms with Crippen molar-refractivity contribution in [2.75, 3.05) is 19.7 Å². The fourth-order valence-electron chi connectivity index (χ4n) is 2.53. The van der Waals surface area contributed by atoms with E-state index in [4.69, 9.17) is 4.74 Å². The van der Waals surface area contributed by atoms with E-state index in [0.717, 1.165) is 6.54 Å². The molecule has 1 saturated heterocycles. The van der Waals surface area contributed by atoms with Crippen LogP contribution in [0.1, 0.15) is 32.4 Å². The van der Waals surface area contributed by atoms with E-state index in [2.05, 4.69) is 18.7 Å². The first-order chi connectivity index (χ1) is 9.79. The molecule has 1 heterocycles. The number of non-ortho nitro benzene ring substituents is 1. The Kier molecular flexibility index (Phi) is 4.61. The number of aliphatic hydroxyl groups excluding tert-OH is 1. The van der Waals surface area contributed by atoms with Crippen LogP contribution in [0.2, 0.25) is 0 Å². The summed E-state index contributed by atoms with van der Waals surface area (Å²) < 4.78 is 5.65. The van der Waals surface area contributed by atoms with E-state index in [0.29, 0.717) is 18.7 Å². The van der Waals surface area contributed by atoms with Gasteiger partial charge in [-0.05, 0) is 26.3 Å². The monoisotopic (exact) mass is 294 g/mol. The maximum Gasteiger partial charge on any atom is 0.269 e. The van der Waals surface area contributed by atoms with E-state index < -0.39 is 11.0 Å². The predicted molar refractivity (Wildman–Crippen MR) is 79.1 cm³/mol. The average Bonchev–Trinajstić information content (AvgIpc) is 2.43. The Labute approximate surface area is 124 Å². The largest absolute Gasteiger partial charge is 0.387 e. The summed E-state index contributed by atoms with van der Waals surface area (Å²) in [6, 6.07) is 6.18. The lowest BCUT2D eigenvalue weighted by atomic mass is 9.99. The van der Waals surface area contributed by atoms with Gasteiger partial charge in [0.2, 0.25) is 0 Å². The number of nitro benzene ring substituents is 1. The number of nitro groups is 1. The van der Waals surface area contributed by atoms with Gasteiger partial charge in [-0.1, -0.05) is 12.1 Å². The smallest absolute Gasteiger partial charge is 0.269 e. The summed E-state index contributed by atoms with van der Waals surface area (Å²) in [5, 5.41) is 21.2. The number of hydrogen-bond acceptors (Lipinski definition) is 5. The molecule has 1 aliphatic heterocycles. The molecule has 2 unspecified atom stereocenters. The highest BCUT2D eigenvalue weighted by Gasteiger charge is 2.34. The molecule has 1 aromatic rings. The van der Waals surface area contributed by atoms with Gasteiger partial charge in [0.25, 0.3) is 5.69 Å². The Morgan fingerprint density at radius 2 is 2.29 bits per heavy atom. The summed E-state index contributed by atoms with van der Waals surface area (Å²) in [6.07, 6.45) is -0.634. The van der Waals surface area contributed by atoms with Crippen LogP contribution in [0, 0.1) is 10.1 Å². The zero-order valence-electron chi connectivity index (χ0n) is 12.7.